The molecule has 1 saturated carbocycles. The lowest BCUT2D eigenvalue weighted by Gasteiger charge is -2.49. The molecule has 0 aromatic carbocycles. The van der Waals surface area contributed by atoms with E-state index < -0.39 is 11.1 Å². The second-order valence-corrected chi connectivity index (χ2v) is 7.06. The molecule has 5 nitrogen and oxygen atoms in total. The third-order valence-corrected chi connectivity index (χ3v) is 5.33. The van der Waals surface area contributed by atoms with Crippen LogP contribution >= 0.6 is 0 Å². The van der Waals surface area contributed by atoms with Gasteiger partial charge in [0, 0.05) is 20.1 Å². The number of aliphatic hydroxyl groups is 1. The minimum absolute atomic E-state index is 0.00995. The zero-order chi connectivity index (χ0) is 15.7. The predicted octanol–water partition coefficient (Wildman–Crippen LogP) is 1.37. The molecule has 5 heteroatoms. The maximum atomic E-state index is 12.4. The van der Waals surface area contributed by atoms with Gasteiger partial charge in [0.1, 0.15) is 5.54 Å². The standard InChI is InChI=1S/C16H27N3O2/c1-13(2)16(21)11-19(12-16)9-14(20)18(3)15(10-17)7-5-4-6-8-15/h13,21H,4-9,11-12H2,1-3H3. The van der Waals surface area contributed by atoms with Crippen LogP contribution in [0.3, 0.4) is 0 Å². The number of nitrogens with zero attached hydrogens (tertiary/aromatic N) is 3. The fourth-order valence-corrected chi connectivity index (χ4v) is 3.40. The summed E-state index contributed by atoms with van der Waals surface area (Å²) in [6, 6.07) is 2.38. The summed E-state index contributed by atoms with van der Waals surface area (Å²) in [5, 5.41) is 19.8. The molecule has 1 aliphatic carbocycles. The number of β-amino-alcohol motifs (C(OH)–C–C–N with tert-alkyl or cyclic N) is 1. The number of hydrogen-bond donors (Lipinski definition) is 1. The van der Waals surface area contributed by atoms with Crippen LogP contribution in [0.2, 0.25) is 0 Å². The molecule has 2 fully saturated rings. The van der Waals surface area contributed by atoms with Gasteiger partial charge >= 0.3 is 0 Å². The fourth-order valence-electron chi connectivity index (χ4n) is 3.40. The van der Waals surface area contributed by atoms with Crippen LogP contribution in [0.15, 0.2) is 0 Å². The lowest BCUT2D eigenvalue weighted by atomic mass is 9.81. The highest BCUT2D eigenvalue weighted by Crippen LogP contribution is 2.33. The smallest absolute Gasteiger partial charge is 0.237 e. The van der Waals surface area contributed by atoms with Gasteiger partial charge in [0.25, 0.3) is 0 Å². The van der Waals surface area contributed by atoms with Gasteiger partial charge in [-0.1, -0.05) is 33.1 Å². The molecule has 2 rings (SSSR count). The summed E-state index contributed by atoms with van der Waals surface area (Å²) in [6.45, 7) is 5.39. The Morgan fingerprint density at radius 1 is 1.33 bits per heavy atom. The second kappa shape index (κ2) is 5.94. The maximum Gasteiger partial charge on any atom is 0.237 e. The summed E-state index contributed by atoms with van der Waals surface area (Å²) >= 11 is 0. The summed E-state index contributed by atoms with van der Waals surface area (Å²) in [4.78, 5) is 16.1. The molecule has 1 heterocycles. The van der Waals surface area contributed by atoms with E-state index in [9.17, 15) is 15.2 Å². The molecule has 1 aliphatic heterocycles. The number of nitriles is 1. The van der Waals surface area contributed by atoms with E-state index in [1.54, 1.807) is 11.9 Å². The maximum absolute atomic E-state index is 12.4. The molecule has 0 bridgehead atoms. The van der Waals surface area contributed by atoms with E-state index in [1.807, 2.05) is 18.7 Å². The fraction of sp³-hybridized carbons (Fsp3) is 0.875. The predicted molar refractivity (Wildman–Crippen MR) is 80.4 cm³/mol. The number of carbonyl (C=O) groups is 1. The van der Waals surface area contributed by atoms with Gasteiger partial charge in [-0.2, -0.15) is 5.26 Å². The van der Waals surface area contributed by atoms with Gasteiger partial charge in [-0.25, -0.2) is 0 Å². The summed E-state index contributed by atoms with van der Waals surface area (Å²) in [5.74, 6) is 0.189. The van der Waals surface area contributed by atoms with Gasteiger partial charge in [-0.3, -0.25) is 9.69 Å². The highest BCUT2D eigenvalue weighted by atomic mass is 16.3. The van der Waals surface area contributed by atoms with Crippen molar-refractivity contribution in [2.24, 2.45) is 5.92 Å². The summed E-state index contributed by atoms with van der Waals surface area (Å²) in [5.41, 5.74) is -1.27. The first-order valence-electron chi connectivity index (χ1n) is 7.96. The van der Waals surface area contributed by atoms with Crippen molar-refractivity contribution in [3.63, 3.8) is 0 Å². The van der Waals surface area contributed by atoms with Crippen LogP contribution in [0.25, 0.3) is 0 Å². The summed E-state index contributed by atoms with van der Waals surface area (Å²) in [7, 11) is 1.76. The number of hydrogen-bond acceptors (Lipinski definition) is 4. The van der Waals surface area contributed by atoms with Crippen LogP contribution < -0.4 is 0 Å². The van der Waals surface area contributed by atoms with E-state index in [4.69, 9.17) is 0 Å². The van der Waals surface area contributed by atoms with Crippen LogP contribution in [-0.2, 0) is 4.79 Å². The molecule has 0 aromatic rings. The Kier molecular flexibility index (Phi) is 4.60. The SMILES string of the molecule is CC(C)C1(O)CN(CC(=O)N(C)C2(C#N)CCCCC2)C1. The van der Waals surface area contributed by atoms with Crippen LogP contribution in [-0.4, -0.2) is 58.6 Å². The molecule has 0 spiro atoms. The summed E-state index contributed by atoms with van der Waals surface area (Å²) in [6.07, 6.45) is 4.74. The Hall–Kier alpha value is -1.12. The van der Waals surface area contributed by atoms with Crippen molar-refractivity contribution in [2.75, 3.05) is 26.7 Å². The topological polar surface area (TPSA) is 67.6 Å². The third-order valence-electron chi connectivity index (χ3n) is 5.33. The van der Waals surface area contributed by atoms with Crippen molar-refractivity contribution < 1.29 is 9.90 Å². The zero-order valence-corrected chi connectivity index (χ0v) is 13.4. The van der Waals surface area contributed by atoms with Crippen molar-refractivity contribution in [1.29, 1.82) is 5.26 Å². The molecule has 21 heavy (non-hydrogen) atoms. The quantitative estimate of drug-likeness (QED) is 0.850. The van der Waals surface area contributed by atoms with Crippen molar-refractivity contribution in [3.05, 3.63) is 0 Å². The number of likely N-dealkylation sites (N-methyl/N-ethyl adjacent to an activating group) is 1. The third kappa shape index (κ3) is 3.07. The Balaban J connectivity index is 1.91. The van der Waals surface area contributed by atoms with Crippen LogP contribution in [0.1, 0.15) is 46.0 Å². The van der Waals surface area contributed by atoms with Gasteiger partial charge in [0.15, 0.2) is 0 Å². The normalized spacial score (nSPS) is 24.2. The minimum atomic E-state index is -0.656. The first-order chi connectivity index (χ1) is 9.83. The molecule has 0 radical (unpaired) electrons. The lowest BCUT2D eigenvalue weighted by molar-refractivity contribution is -0.151. The molecule has 1 N–H and O–H groups in total. The van der Waals surface area contributed by atoms with E-state index in [-0.39, 0.29) is 11.8 Å². The highest BCUT2D eigenvalue weighted by molar-refractivity contribution is 5.79. The largest absolute Gasteiger partial charge is 0.387 e. The average Bonchev–Trinajstić information content (AvgIpc) is 2.45. The number of carbonyl (C=O) groups excluding carboxylic acids is 1. The molecule has 1 amide bonds. The van der Waals surface area contributed by atoms with E-state index >= 15 is 0 Å². The minimum Gasteiger partial charge on any atom is -0.387 e. The van der Waals surface area contributed by atoms with Gasteiger partial charge in [-0.05, 0) is 18.8 Å². The van der Waals surface area contributed by atoms with Crippen LogP contribution in [0.5, 0.6) is 0 Å². The van der Waals surface area contributed by atoms with Crippen LogP contribution in [0, 0.1) is 17.2 Å². The highest BCUT2D eigenvalue weighted by Gasteiger charge is 2.45. The second-order valence-electron chi connectivity index (χ2n) is 7.06. The molecule has 2 aliphatic rings. The first-order valence-corrected chi connectivity index (χ1v) is 7.96. The lowest BCUT2D eigenvalue weighted by Crippen LogP contribution is -2.66. The van der Waals surface area contributed by atoms with Crippen molar-refractivity contribution in [2.45, 2.75) is 57.1 Å². The molecule has 0 unspecified atom stereocenters. The molecular weight excluding hydrogens is 266 g/mol. The zero-order valence-electron chi connectivity index (χ0n) is 13.4. The number of likely N-dealkylation sites (tertiary alicyclic amines) is 1. The van der Waals surface area contributed by atoms with E-state index in [1.165, 1.54) is 0 Å². The van der Waals surface area contributed by atoms with Gasteiger partial charge in [0.05, 0.1) is 18.2 Å². The average molecular weight is 293 g/mol. The Bertz CT molecular complexity index is 429. The Labute approximate surface area is 127 Å². The van der Waals surface area contributed by atoms with E-state index in [0.717, 1.165) is 32.1 Å². The Morgan fingerprint density at radius 3 is 2.38 bits per heavy atom. The van der Waals surface area contributed by atoms with E-state index in [2.05, 4.69) is 6.07 Å². The number of rotatable bonds is 4. The molecule has 1 saturated heterocycles. The number of amides is 1. The molecule has 0 aromatic heterocycles. The van der Waals surface area contributed by atoms with Crippen molar-refractivity contribution >= 4 is 5.91 Å². The first kappa shape index (κ1) is 16.3. The Morgan fingerprint density at radius 2 is 1.90 bits per heavy atom. The van der Waals surface area contributed by atoms with Crippen molar-refractivity contribution in [1.82, 2.24) is 9.80 Å². The van der Waals surface area contributed by atoms with Gasteiger partial charge < -0.3 is 10.0 Å². The molecule has 118 valence electrons. The molecular formula is C16H27N3O2. The van der Waals surface area contributed by atoms with Gasteiger partial charge in [-0.15, -0.1) is 0 Å². The monoisotopic (exact) mass is 293 g/mol. The molecule has 0 atom stereocenters. The van der Waals surface area contributed by atoms with Crippen molar-refractivity contribution in [3.8, 4) is 6.07 Å². The van der Waals surface area contributed by atoms with Crippen LogP contribution in [0.4, 0.5) is 0 Å². The van der Waals surface area contributed by atoms with Gasteiger partial charge in [0.2, 0.25) is 5.91 Å². The van der Waals surface area contributed by atoms with E-state index in [0.29, 0.717) is 19.6 Å². The summed E-state index contributed by atoms with van der Waals surface area (Å²) < 4.78 is 0.